The molecular weight excluding hydrogens is 416 g/mol. The Hall–Kier alpha value is -2.26. The van der Waals surface area contributed by atoms with E-state index in [0.29, 0.717) is 102 Å². The van der Waals surface area contributed by atoms with Gasteiger partial charge in [0.2, 0.25) is 0 Å². The number of allylic oxidation sites excluding steroid dienone is 4. The molecule has 0 spiro atoms. The van der Waals surface area contributed by atoms with E-state index in [0.717, 1.165) is 0 Å². The van der Waals surface area contributed by atoms with Gasteiger partial charge in [-0.15, -0.1) is 0 Å². The largest absolute Gasteiger partial charge is 0.488 e. The molecule has 1 aliphatic rings. The van der Waals surface area contributed by atoms with Crippen LogP contribution in [0.4, 0.5) is 0 Å². The molecule has 1 heterocycles. The van der Waals surface area contributed by atoms with Crippen LogP contribution in [0.25, 0.3) is 0 Å². The molecule has 0 radical (unpaired) electrons. The van der Waals surface area contributed by atoms with Crippen LogP contribution in [-0.4, -0.2) is 79.3 Å². The summed E-state index contributed by atoms with van der Waals surface area (Å²) in [5.41, 5.74) is 0. The fourth-order valence-electron chi connectivity index (χ4n) is 2.54. The number of hydrogen-bond donors (Lipinski definition) is 0. The van der Waals surface area contributed by atoms with E-state index in [2.05, 4.69) is 13.2 Å². The Morgan fingerprint density at radius 2 is 0.750 bits per heavy atom. The molecule has 182 valence electrons. The van der Waals surface area contributed by atoms with Gasteiger partial charge in [-0.3, -0.25) is 0 Å². The lowest BCUT2D eigenvalue weighted by atomic mass is 10.3. The summed E-state index contributed by atoms with van der Waals surface area (Å²) in [4.78, 5) is 0. The molecule has 0 bridgehead atoms. The minimum Gasteiger partial charge on any atom is -0.488 e. The van der Waals surface area contributed by atoms with Gasteiger partial charge in [-0.05, 0) is 38.2 Å². The van der Waals surface area contributed by atoms with Gasteiger partial charge in [0.1, 0.15) is 26.4 Å². The first kappa shape index (κ1) is 27.8. The normalized spacial score (nSPS) is 24.8. The Morgan fingerprint density at radius 3 is 1.03 bits per heavy atom. The van der Waals surface area contributed by atoms with Crippen LogP contribution in [0, 0.1) is 0 Å². The van der Waals surface area contributed by atoms with Crippen LogP contribution in [0.1, 0.15) is 13.8 Å². The predicted octanol–water partition coefficient (Wildman–Crippen LogP) is 3.52. The van der Waals surface area contributed by atoms with Crippen LogP contribution < -0.4 is 0 Å². The van der Waals surface area contributed by atoms with Crippen LogP contribution in [-0.2, 0) is 37.9 Å². The SMILES string of the molecule is C=C/C1=C(\C=C)OCCOCCOCCOC(=C/C)/C(=C\C)OCCOCCOCCO1. The monoisotopic (exact) mass is 454 g/mol. The number of rotatable bonds is 2. The van der Waals surface area contributed by atoms with Crippen LogP contribution in [0.5, 0.6) is 0 Å². The summed E-state index contributed by atoms with van der Waals surface area (Å²) in [5, 5.41) is 0. The zero-order valence-electron chi connectivity index (χ0n) is 19.5. The molecule has 0 aliphatic carbocycles. The first-order chi connectivity index (χ1) is 15.8. The molecule has 0 amide bonds. The van der Waals surface area contributed by atoms with Crippen LogP contribution >= 0.6 is 0 Å². The van der Waals surface area contributed by atoms with E-state index >= 15 is 0 Å². The lowest BCUT2D eigenvalue weighted by Gasteiger charge is -2.15. The third-order valence-electron chi connectivity index (χ3n) is 4.07. The Morgan fingerprint density at radius 1 is 0.469 bits per heavy atom. The summed E-state index contributed by atoms with van der Waals surface area (Å²) in [6, 6.07) is 0. The molecule has 0 aromatic carbocycles. The van der Waals surface area contributed by atoms with Crippen molar-refractivity contribution >= 4 is 0 Å². The highest BCUT2D eigenvalue weighted by atomic mass is 16.6. The standard InChI is InChI=1S/C24H38O8/c1-5-21-22(6-2)30-18-14-26-11-12-28-16-20-32-24(8-4)23(7-3)31-19-15-27-10-9-25-13-17-29-21/h5-8H,1-2,9-20H2,3-4H3/b22-21-,23-7+,24-8+. The van der Waals surface area contributed by atoms with Crippen LogP contribution in [0.3, 0.4) is 0 Å². The Bertz CT molecular complexity index is 557. The van der Waals surface area contributed by atoms with Gasteiger partial charge >= 0.3 is 0 Å². The molecule has 0 saturated heterocycles. The van der Waals surface area contributed by atoms with Crippen molar-refractivity contribution in [3.63, 3.8) is 0 Å². The van der Waals surface area contributed by atoms with Gasteiger partial charge in [0, 0.05) is 0 Å². The number of ether oxygens (including phenoxy) is 8. The Kier molecular flexibility index (Phi) is 16.9. The fourth-order valence-corrected chi connectivity index (χ4v) is 2.54. The van der Waals surface area contributed by atoms with Crippen molar-refractivity contribution in [1.29, 1.82) is 0 Å². The zero-order chi connectivity index (χ0) is 23.3. The Balaban J connectivity index is 2.54. The second-order valence-electron chi connectivity index (χ2n) is 6.29. The van der Waals surface area contributed by atoms with Crippen molar-refractivity contribution in [2.24, 2.45) is 0 Å². The molecule has 0 aromatic heterocycles. The van der Waals surface area contributed by atoms with Crippen molar-refractivity contribution in [3.05, 3.63) is 60.5 Å². The van der Waals surface area contributed by atoms with Crippen molar-refractivity contribution in [2.45, 2.75) is 13.8 Å². The van der Waals surface area contributed by atoms with Gasteiger partial charge in [-0.2, -0.15) is 0 Å². The van der Waals surface area contributed by atoms with Crippen LogP contribution in [0.15, 0.2) is 60.5 Å². The third-order valence-corrected chi connectivity index (χ3v) is 4.07. The van der Waals surface area contributed by atoms with Gasteiger partial charge in [-0.1, -0.05) is 13.2 Å². The summed E-state index contributed by atoms with van der Waals surface area (Å²) < 4.78 is 45.0. The van der Waals surface area contributed by atoms with E-state index in [1.54, 1.807) is 12.2 Å². The molecule has 0 atom stereocenters. The topological polar surface area (TPSA) is 73.8 Å². The molecule has 8 nitrogen and oxygen atoms in total. The van der Waals surface area contributed by atoms with Gasteiger partial charge < -0.3 is 37.9 Å². The lowest BCUT2D eigenvalue weighted by molar-refractivity contribution is 0.00306. The number of hydrogen-bond acceptors (Lipinski definition) is 8. The zero-order valence-corrected chi connectivity index (χ0v) is 19.5. The van der Waals surface area contributed by atoms with E-state index in [1.807, 2.05) is 26.0 Å². The minimum atomic E-state index is 0.357. The average molecular weight is 455 g/mol. The highest BCUT2D eigenvalue weighted by Gasteiger charge is 2.07. The summed E-state index contributed by atoms with van der Waals surface area (Å²) >= 11 is 0. The van der Waals surface area contributed by atoms with Crippen molar-refractivity contribution in [2.75, 3.05) is 79.3 Å². The highest BCUT2D eigenvalue weighted by molar-refractivity contribution is 5.22. The first-order valence-electron chi connectivity index (χ1n) is 10.9. The Labute approximate surface area is 192 Å². The first-order valence-corrected chi connectivity index (χ1v) is 10.9. The predicted molar refractivity (Wildman–Crippen MR) is 122 cm³/mol. The molecule has 0 unspecified atom stereocenters. The lowest BCUT2D eigenvalue weighted by Crippen LogP contribution is -2.14. The van der Waals surface area contributed by atoms with Gasteiger partial charge in [0.15, 0.2) is 23.0 Å². The molecular formula is C24H38O8. The quantitative estimate of drug-likeness (QED) is 0.628. The van der Waals surface area contributed by atoms with Crippen molar-refractivity contribution < 1.29 is 37.9 Å². The van der Waals surface area contributed by atoms with E-state index in [9.17, 15) is 0 Å². The van der Waals surface area contributed by atoms with Gasteiger partial charge in [0.05, 0.1) is 52.9 Å². The van der Waals surface area contributed by atoms with Crippen molar-refractivity contribution in [3.8, 4) is 0 Å². The van der Waals surface area contributed by atoms with Gasteiger partial charge in [0.25, 0.3) is 0 Å². The highest BCUT2D eigenvalue weighted by Crippen LogP contribution is 2.13. The maximum Gasteiger partial charge on any atom is 0.160 e. The van der Waals surface area contributed by atoms with Gasteiger partial charge in [-0.25, -0.2) is 0 Å². The fraction of sp³-hybridized carbons (Fsp3) is 0.583. The van der Waals surface area contributed by atoms with Crippen LogP contribution in [0.2, 0.25) is 0 Å². The van der Waals surface area contributed by atoms with E-state index in [4.69, 9.17) is 37.9 Å². The second-order valence-corrected chi connectivity index (χ2v) is 6.29. The molecule has 1 aliphatic heterocycles. The van der Waals surface area contributed by atoms with E-state index in [1.165, 1.54) is 0 Å². The molecule has 0 aromatic rings. The average Bonchev–Trinajstić information content (AvgIpc) is 2.81. The molecule has 32 heavy (non-hydrogen) atoms. The smallest absolute Gasteiger partial charge is 0.160 e. The minimum absolute atomic E-state index is 0.357. The molecule has 0 fully saturated rings. The summed E-state index contributed by atoms with van der Waals surface area (Å²) in [7, 11) is 0. The third kappa shape index (κ3) is 12.6. The van der Waals surface area contributed by atoms with E-state index < -0.39 is 0 Å². The maximum absolute atomic E-state index is 5.76. The maximum atomic E-state index is 5.76. The molecule has 0 N–H and O–H groups in total. The summed E-state index contributed by atoms with van der Waals surface area (Å²) in [6.45, 7) is 16.4. The second kappa shape index (κ2) is 19.4. The molecule has 1 rings (SSSR count). The summed E-state index contributed by atoms with van der Waals surface area (Å²) in [5.74, 6) is 2.37. The van der Waals surface area contributed by atoms with Crippen molar-refractivity contribution in [1.82, 2.24) is 0 Å². The molecule has 8 heteroatoms. The summed E-state index contributed by atoms with van der Waals surface area (Å²) in [6.07, 6.45) is 6.89. The molecule has 0 saturated carbocycles. The van der Waals surface area contributed by atoms with E-state index in [-0.39, 0.29) is 0 Å².